The zero-order chi connectivity index (χ0) is 28.6. The van der Waals surface area contributed by atoms with E-state index in [1.54, 1.807) is 41.7 Å². The van der Waals surface area contributed by atoms with Crippen LogP contribution in [0.3, 0.4) is 0 Å². The zero-order valence-corrected chi connectivity index (χ0v) is 23.1. The Bertz CT molecular complexity index is 1550. The molecule has 1 saturated carbocycles. The van der Waals surface area contributed by atoms with E-state index in [2.05, 4.69) is 31.6 Å². The van der Waals surface area contributed by atoms with Crippen molar-refractivity contribution < 1.29 is 14.4 Å². The third-order valence-corrected chi connectivity index (χ3v) is 7.22. The van der Waals surface area contributed by atoms with Crippen molar-refractivity contribution in [2.45, 2.75) is 51.9 Å². The number of carbonyl (C=O) groups excluding carboxylic acids is 3. The lowest BCUT2D eigenvalue weighted by Crippen LogP contribution is -2.46. The topological polar surface area (TPSA) is 127 Å². The molecular weight excluding hydrogens is 508 g/mol. The molecule has 0 N–H and O–H groups in total. The highest BCUT2D eigenvalue weighted by atomic mass is 16.2. The molecule has 1 amide bonds. The zero-order valence-electron chi connectivity index (χ0n) is 23.1. The molecule has 0 spiro atoms. The average Bonchev–Trinajstić information content (AvgIpc) is 3.43. The smallest absolute Gasteiger partial charge is 0.245 e. The van der Waals surface area contributed by atoms with Gasteiger partial charge in [0.15, 0.2) is 5.78 Å². The van der Waals surface area contributed by atoms with E-state index in [0.717, 1.165) is 6.42 Å². The molecule has 206 valence electrons. The maximum Gasteiger partial charge on any atom is 0.245 e. The number of nitrogens with zero attached hydrogens (tertiary/aromatic N) is 8. The van der Waals surface area contributed by atoms with Gasteiger partial charge in [0.1, 0.15) is 23.8 Å². The Morgan fingerprint density at radius 1 is 1.15 bits per heavy atom. The molecule has 0 aromatic carbocycles. The molecule has 1 aliphatic heterocycles. The van der Waals surface area contributed by atoms with E-state index >= 15 is 0 Å². The predicted octanol–water partition coefficient (Wildman–Crippen LogP) is 2.87. The Labute approximate surface area is 232 Å². The van der Waals surface area contributed by atoms with Crippen LogP contribution in [0.1, 0.15) is 43.0 Å². The van der Waals surface area contributed by atoms with Gasteiger partial charge in [0.25, 0.3) is 0 Å². The molecule has 11 nitrogen and oxygen atoms in total. The molecule has 2 aliphatic rings. The maximum absolute atomic E-state index is 13.6. The number of likely N-dealkylation sites (tertiary alicyclic amines) is 1. The largest absolute Gasteiger partial charge is 0.327 e. The fourth-order valence-electron chi connectivity index (χ4n) is 5.34. The second-order valence-electron chi connectivity index (χ2n) is 10.5. The SMILES string of the molecule is C=CN=C(/C=C\C)C(=O)[C@@H]1C[C@H]2C[C@H]2N1C(=O)Cn1nc(C(C)=O)c2cc(-c3cnc(CN(C)C)nc3)ncc21. The van der Waals surface area contributed by atoms with Crippen LogP contribution in [0.25, 0.3) is 22.2 Å². The van der Waals surface area contributed by atoms with Crippen molar-refractivity contribution >= 4 is 34.1 Å². The summed E-state index contributed by atoms with van der Waals surface area (Å²) < 4.78 is 1.50. The number of hydrogen-bond acceptors (Lipinski definition) is 9. The van der Waals surface area contributed by atoms with Crippen LogP contribution in [0, 0.1) is 5.92 Å². The van der Waals surface area contributed by atoms with Crippen LogP contribution in [0.2, 0.25) is 0 Å². The Kier molecular flexibility index (Phi) is 7.49. The summed E-state index contributed by atoms with van der Waals surface area (Å²) in [6.07, 6.45) is 11.2. The summed E-state index contributed by atoms with van der Waals surface area (Å²) in [5, 5.41) is 5.09. The van der Waals surface area contributed by atoms with Crippen LogP contribution in [-0.4, -0.2) is 83.9 Å². The summed E-state index contributed by atoms with van der Waals surface area (Å²) >= 11 is 0. The second-order valence-corrected chi connectivity index (χ2v) is 10.5. The summed E-state index contributed by atoms with van der Waals surface area (Å²) in [7, 11) is 3.89. The van der Waals surface area contributed by atoms with E-state index in [0.29, 0.717) is 46.9 Å². The van der Waals surface area contributed by atoms with Gasteiger partial charge in [-0.3, -0.25) is 29.0 Å². The fourth-order valence-corrected chi connectivity index (χ4v) is 5.34. The summed E-state index contributed by atoms with van der Waals surface area (Å²) in [5.41, 5.74) is 2.40. The molecule has 3 aromatic rings. The van der Waals surface area contributed by atoms with Crippen LogP contribution < -0.4 is 0 Å². The van der Waals surface area contributed by atoms with E-state index in [9.17, 15) is 14.4 Å². The van der Waals surface area contributed by atoms with E-state index in [-0.39, 0.29) is 41.5 Å². The van der Waals surface area contributed by atoms with Crippen LogP contribution in [-0.2, 0) is 22.7 Å². The number of amides is 1. The molecule has 5 rings (SSSR count). The predicted molar refractivity (Wildman–Crippen MR) is 151 cm³/mol. The molecule has 11 heteroatoms. The number of fused-ring (bicyclic) bond motifs is 2. The number of aliphatic imine (C=N–C) groups is 1. The summed E-state index contributed by atoms with van der Waals surface area (Å²) in [6.45, 7) is 7.36. The van der Waals surface area contributed by atoms with Crippen molar-refractivity contribution in [1.29, 1.82) is 0 Å². The Balaban J connectivity index is 1.43. The van der Waals surface area contributed by atoms with Gasteiger partial charge >= 0.3 is 0 Å². The van der Waals surface area contributed by atoms with Crippen molar-refractivity contribution in [3.05, 3.63) is 61.1 Å². The number of ketones is 2. The van der Waals surface area contributed by atoms with Crippen molar-refractivity contribution in [3.63, 3.8) is 0 Å². The van der Waals surface area contributed by atoms with Crippen molar-refractivity contribution in [1.82, 2.24) is 34.5 Å². The molecule has 0 radical (unpaired) electrons. The first-order valence-corrected chi connectivity index (χ1v) is 13.2. The number of carbonyl (C=O) groups is 3. The number of piperidine rings is 1. The second kappa shape index (κ2) is 11.0. The molecule has 4 heterocycles. The lowest BCUT2D eigenvalue weighted by Gasteiger charge is -2.26. The lowest BCUT2D eigenvalue weighted by atomic mass is 10.0. The van der Waals surface area contributed by atoms with Gasteiger partial charge in [-0.15, -0.1) is 0 Å². The molecule has 3 atom stereocenters. The van der Waals surface area contributed by atoms with Gasteiger partial charge in [-0.05, 0) is 51.9 Å². The molecule has 0 bridgehead atoms. The minimum absolute atomic E-state index is 0.0336. The summed E-state index contributed by atoms with van der Waals surface area (Å²) in [6, 6.07) is 1.23. The number of hydrogen-bond donors (Lipinski definition) is 0. The molecule has 1 aliphatic carbocycles. The number of rotatable bonds is 10. The number of allylic oxidation sites excluding steroid dienone is 2. The van der Waals surface area contributed by atoms with Crippen molar-refractivity contribution in [3.8, 4) is 11.3 Å². The quantitative estimate of drug-likeness (QED) is 0.284. The summed E-state index contributed by atoms with van der Waals surface area (Å²) in [5.74, 6) is 0.356. The van der Waals surface area contributed by atoms with Crippen LogP contribution in [0.4, 0.5) is 0 Å². The van der Waals surface area contributed by atoms with Crippen LogP contribution in [0.15, 0.2) is 54.6 Å². The highest BCUT2D eigenvalue weighted by Crippen LogP contribution is 2.48. The van der Waals surface area contributed by atoms with Crippen molar-refractivity contribution in [2.24, 2.45) is 10.9 Å². The van der Waals surface area contributed by atoms with Crippen LogP contribution >= 0.6 is 0 Å². The summed E-state index contributed by atoms with van der Waals surface area (Å²) in [4.78, 5) is 60.6. The highest BCUT2D eigenvalue weighted by molar-refractivity contribution is 6.46. The van der Waals surface area contributed by atoms with Gasteiger partial charge < -0.3 is 9.80 Å². The standard InChI is InChI=1S/C29H32N8O3/c1-6-8-21(30-7-2)29(40)24-10-18-9-23(18)37(24)27(39)16-36-25-14-31-22(11-20(25)28(34-36)17(3)38)19-12-32-26(33-13-19)15-35(4)5/h6-8,11-14,18,23-24H,2,9-10,15-16H2,1,3-5H3/b8-6-,30-21?/t18-,23-,24+/m1/s1. The average molecular weight is 541 g/mol. The molecule has 40 heavy (non-hydrogen) atoms. The van der Waals surface area contributed by atoms with Crippen LogP contribution in [0.5, 0.6) is 0 Å². The third-order valence-electron chi connectivity index (χ3n) is 7.22. The van der Waals surface area contributed by atoms with Gasteiger partial charge in [0.2, 0.25) is 11.7 Å². The molecular formula is C29H32N8O3. The maximum atomic E-state index is 13.6. The molecule has 3 aromatic heterocycles. The van der Waals surface area contributed by atoms with Gasteiger partial charge in [-0.2, -0.15) is 5.10 Å². The van der Waals surface area contributed by atoms with Gasteiger partial charge in [-0.25, -0.2) is 9.97 Å². The normalized spacial score (nSPS) is 20.4. The highest BCUT2D eigenvalue weighted by Gasteiger charge is 2.56. The Morgan fingerprint density at radius 3 is 2.55 bits per heavy atom. The number of pyridine rings is 1. The molecule has 1 saturated heterocycles. The van der Waals surface area contributed by atoms with E-state index < -0.39 is 6.04 Å². The Hall–Kier alpha value is -4.38. The molecule has 2 fully saturated rings. The van der Waals surface area contributed by atoms with E-state index in [4.69, 9.17) is 0 Å². The minimum Gasteiger partial charge on any atom is -0.327 e. The van der Waals surface area contributed by atoms with Gasteiger partial charge in [0, 0.05) is 42.5 Å². The number of Topliss-reactive ketones (excluding diaryl/α,β-unsaturated/α-hetero) is 2. The van der Waals surface area contributed by atoms with Gasteiger partial charge in [-0.1, -0.05) is 12.7 Å². The first-order chi connectivity index (χ1) is 19.2. The third kappa shape index (κ3) is 5.24. The monoisotopic (exact) mass is 540 g/mol. The van der Waals surface area contributed by atoms with E-state index in [1.807, 2.05) is 25.9 Å². The fraction of sp³-hybridized carbons (Fsp3) is 0.379. The van der Waals surface area contributed by atoms with Crippen molar-refractivity contribution in [2.75, 3.05) is 14.1 Å². The first-order valence-electron chi connectivity index (χ1n) is 13.2. The van der Waals surface area contributed by atoms with Gasteiger partial charge in [0.05, 0.1) is 30.0 Å². The number of aromatic nitrogens is 5. The van der Waals surface area contributed by atoms with E-state index in [1.165, 1.54) is 17.8 Å². The molecule has 0 unspecified atom stereocenters. The first kappa shape index (κ1) is 27.2. The Morgan fingerprint density at radius 2 is 1.90 bits per heavy atom. The minimum atomic E-state index is -0.583. The lowest BCUT2D eigenvalue weighted by molar-refractivity contribution is -0.137.